The fourth-order valence-electron chi connectivity index (χ4n) is 16.7. The molecule has 32 heteroatoms. The first-order chi connectivity index (χ1) is 54.5. The lowest BCUT2D eigenvalue weighted by molar-refractivity contribution is -0.138. The van der Waals surface area contributed by atoms with Crippen molar-refractivity contribution in [3.63, 3.8) is 0 Å². The number of nitrogens with one attached hydrogen (secondary N) is 10. The molecular formula is C82H100ClN11O19S. The number of halogens is 1. The second kappa shape index (κ2) is 36.0. The fourth-order valence-corrected chi connectivity index (χ4v) is 18.0. The molecule has 0 saturated heterocycles. The highest BCUT2D eigenvalue weighted by atomic mass is 35.5. The van der Waals surface area contributed by atoms with Gasteiger partial charge >= 0.3 is 0 Å². The number of rotatable bonds is 25. The Morgan fingerprint density at radius 1 is 0.640 bits per heavy atom. The van der Waals surface area contributed by atoms with E-state index in [1.165, 1.54) is 73.8 Å². The van der Waals surface area contributed by atoms with Crippen molar-refractivity contribution >= 4 is 68.9 Å². The first-order valence-corrected chi connectivity index (χ1v) is 40.7. The molecule has 0 aromatic heterocycles. The van der Waals surface area contributed by atoms with Crippen LogP contribution in [0.4, 0.5) is 0 Å². The maximum absolute atomic E-state index is 16.0. The number of fused-ring (bicyclic) bond motifs is 15. The summed E-state index contributed by atoms with van der Waals surface area (Å²) in [6.07, 6.45) is 5.08. The number of ether oxygens (including phenoxy) is 3. The number of phenolic OH excluding ortho intramolecular Hbond substituents is 4. The predicted octanol–water partition coefficient (Wildman–Crippen LogP) is 7.10. The molecule has 0 spiro atoms. The zero-order valence-corrected chi connectivity index (χ0v) is 65.6. The Balaban J connectivity index is 0.923. The van der Waals surface area contributed by atoms with E-state index in [1.807, 2.05) is 13.8 Å². The minimum absolute atomic E-state index is 0.0126. The molecule has 114 heavy (non-hydrogen) atoms. The van der Waals surface area contributed by atoms with E-state index in [1.54, 1.807) is 19.1 Å². The molecule has 6 aromatic carbocycles. The van der Waals surface area contributed by atoms with Crippen LogP contribution in [-0.4, -0.2) is 143 Å². The van der Waals surface area contributed by atoms with Gasteiger partial charge in [0.1, 0.15) is 83.0 Å². The Kier molecular flexibility index (Phi) is 26.3. The molecule has 15 bridgehead atoms. The molecule has 9 aliphatic rings. The zero-order valence-electron chi connectivity index (χ0n) is 64.0. The maximum atomic E-state index is 16.0. The van der Waals surface area contributed by atoms with Gasteiger partial charge in [-0.15, -0.1) is 0 Å². The van der Waals surface area contributed by atoms with Crippen molar-refractivity contribution in [1.29, 1.82) is 0 Å². The quantitative estimate of drug-likeness (QED) is 0.0254. The third-order valence-electron chi connectivity index (χ3n) is 22.4. The van der Waals surface area contributed by atoms with E-state index in [2.05, 4.69) is 59.5 Å². The maximum Gasteiger partial charge on any atom is 0.248 e. The summed E-state index contributed by atoms with van der Waals surface area (Å²) >= 11 is 7.03. The molecule has 5 aliphatic heterocycles. The van der Waals surface area contributed by atoms with Gasteiger partial charge in [0.15, 0.2) is 11.5 Å². The van der Waals surface area contributed by atoms with Gasteiger partial charge in [0.25, 0.3) is 0 Å². The van der Waals surface area contributed by atoms with Gasteiger partial charge in [-0.1, -0.05) is 76.3 Å². The molecule has 4 fully saturated rings. The summed E-state index contributed by atoms with van der Waals surface area (Å²) in [6, 6.07) is 7.64. The van der Waals surface area contributed by atoms with Crippen LogP contribution in [0.25, 0.3) is 11.1 Å². The largest absolute Gasteiger partial charge is 0.507 e. The molecule has 8 amide bonds. The second-order valence-electron chi connectivity index (χ2n) is 31.1. The molecule has 6 aromatic rings. The van der Waals surface area contributed by atoms with E-state index in [0.717, 1.165) is 69.6 Å². The number of aryl methyl sites for hydroxylation is 1. The molecule has 9 atom stereocenters. The highest BCUT2D eigenvalue weighted by Crippen LogP contribution is 2.55. The number of carbonyl (C=O) groups excluding carboxylic acids is 8. The van der Waals surface area contributed by atoms with Crippen molar-refractivity contribution in [3.05, 3.63) is 141 Å². The lowest BCUT2D eigenvalue weighted by Gasteiger charge is -2.54. The number of hydrogen-bond acceptors (Lipinski definition) is 21. The van der Waals surface area contributed by atoms with E-state index < -0.39 is 153 Å². The number of nitrogens with two attached hydrogens (primary N) is 1. The fraction of sp³-hybridized carbons (Fsp3) is 0.463. The van der Waals surface area contributed by atoms with Crippen LogP contribution in [0.1, 0.15) is 180 Å². The summed E-state index contributed by atoms with van der Waals surface area (Å²) in [5.41, 5.74) is 4.40. The number of sulfonamides is 1. The second-order valence-corrected chi connectivity index (χ2v) is 33.3. The number of carbonyl (C=O) groups is 8. The summed E-state index contributed by atoms with van der Waals surface area (Å²) in [5, 5.41) is 99.3. The minimum Gasteiger partial charge on any atom is -0.507 e. The molecule has 15 rings (SSSR count). The van der Waals surface area contributed by atoms with Gasteiger partial charge in [0.05, 0.1) is 34.6 Å². The Morgan fingerprint density at radius 3 is 1.92 bits per heavy atom. The smallest absolute Gasteiger partial charge is 0.248 e. The van der Waals surface area contributed by atoms with Crippen LogP contribution in [0.5, 0.6) is 51.7 Å². The average Bonchev–Trinajstić information content (AvgIpc) is 0.750. The van der Waals surface area contributed by atoms with Crippen molar-refractivity contribution in [2.24, 2.45) is 35.3 Å². The van der Waals surface area contributed by atoms with Crippen LogP contribution < -0.4 is 72.5 Å². The number of aliphatic hydroxyl groups is 2. The van der Waals surface area contributed by atoms with Gasteiger partial charge in [0, 0.05) is 30.3 Å². The molecule has 18 N–H and O–H groups in total. The van der Waals surface area contributed by atoms with E-state index in [0.29, 0.717) is 56.4 Å². The molecule has 610 valence electrons. The van der Waals surface area contributed by atoms with Crippen molar-refractivity contribution in [1.82, 2.24) is 52.6 Å². The van der Waals surface area contributed by atoms with E-state index in [4.69, 9.17) is 31.5 Å². The predicted molar refractivity (Wildman–Crippen MR) is 418 cm³/mol. The third-order valence-corrected chi connectivity index (χ3v) is 24.2. The average molecular weight is 1610 g/mol. The Bertz CT molecular complexity index is 4730. The van der Waals surface area contributed by atoms with Crippen LogP contribution in [0.3, 0.4) is 0 Å². The van der Waals surface area contributed by atoms with Gasteiger partial charge in [-0.05, 0) is 220 Å². The van der Waals surface area contributed by atoms with Gasteiger partial charge in [-0.3, -0.25) is 38.4 Å². The minimum atomic E-state index is -3.81. The molecule has 5 heterocycles. The molecule has 0 radical (unpaired) electrons. The van der Waals surface area contributed by atoms with Crippen LogP contribution in [0, 0.1) is 36.5 Å². The first kappa shape index (κ1) is 83.2. The lowest BCUT2D eigenvalue weighted by Crippen LogP contribution is -2.59. The van der Waals surface area contributed by atoms with Crippen LogP contribution in [-0.2, 0) is 54.9 Å². The zero-order chi connectivity index (χ0) is 81.6. The number of phenols is 4. The number of aromatic hydroxyl groups is 4. The third kappa shape index (κ3) is 18.9. The van der Waals surface area contributed by atoms with Gasteiger partial charge in [-0.25, -0.2) is 13.1 Å². The lowest BCUT2D eigenvalue weighted by atomic mass is 9.54. The molecule has 4 saturated carbocycles. The highest BCUT2D eigenvalue weighted by Gasteiger charge is 2.50. The van der Waals surface area contributed by atoms with E-state index in [9.17, 15) is 53.4 Å². The van der Waals surface area contributed by atoms with Crippen molar-refractivity contribution < 1.29 is 91.6 Å². The normalized spacial score (nSPS) is 24.2. The van der Waals surface area contributed by atoms with Crippen molar-refractivity contribution in [2.75, 3.05) is 26.7 Å². The van der Waals surface area contributed by atoms with Crippen molar-refractivity contribution in [3.8, 4) is 62.9 Å². The SMILES string of the molecule is CCCCCOc1ccc(S(=O)(=O)NCCCCCCNCc2c(O)cc3c(c2O)-c2cc(ccc2O)[C@H]2NC(=O)[C@@H]4NC(=O)[C@H](CC(N)=O)NC(=O)[C@H](NC(=O)[C@@H](CC(C)C)NC)[C@H](O)c5ccc(c(C)c5)Oc5cc4cc(c5O)Oc4ccc(cc4Cl)[C@@H](O)[C@H](NC2=O)C(=O)N[C@@H]3C(=O)NC2C3CC4CC(C3)CC2C4)cc1. The van der Waals surface area contributed by atoms with Crippen LogP contribution in [0.15, 0.2) is 102 Å². The first-order valence-electron chi connectivity index (χ1n) is 38.9. The number of amides is 8. The summed E-state index contributed by atoms with van der Waals surface area (Å²) < 4.78 is 47.4. The van der Waals surface area contributed by atoms with Crippen LogP contribution in [0.2, 0.25) is 5.02 Å². The number of aliphatic hydroxyl groups excluding tert-OH is 2. The number of benzene rings is 6. The summed E-state index contributed by atoms with van der Waals surface area (Å²) in [4.78, 5) is 121. The summed E-state index contributed by atoms with van der Waals surface area (Å²) in [6.45, 7) is 8.15. The Labute approximate surface area is 665 Å². The number of likely N-dealkylation sites (N-methyl/N-ethyl adjacent to an activating group) is 1. The van der Waals surface area contributed by atoms with Gasteiger partial charge in [0.2, 0.25) is 63.0 Å². The molecular weight excluding hydrogens is 1510 g/mol. The number of primary amides is 1. The highest BCUT2D eigenvalue weighted by molar-refractivity contribution is 7.89. The summed E-state index contributed by atoms with van der Waals surface area (Å²) in [7, 11) is -2.28. The summed E-state index contributed by atoms with van der Waals surface area (Å²) in [5.74, 6) is -11.1. The standard InChI is InChI=1S/C82H100ClN11O19S/c1-6-7-12-25-111-50-16-18-51(19-17-50)114(109,110)87-24-11-9-8-10-23-86-39-54-59(96)37-53-65(74(54)100)52-33-44(13-20-58(52)95)67-78(104)94-71(82(108)92-69(53)80(106)89-66-47-29-42-28-43(31-47)32-48(66)30-42)73(99)46-15-22-61(55(83)34-46)113-63-36-49-35-62(75(63)101)112-60-21-14-45(27-41(60)4)72(98)70(93-76(102)56(85-5)26-40(2)3)81(107)88-57(38-64(84)97)77(103)90-68(49)79(105)91-67/h13-22,27,33-37,40,42-43,47-48,56-57,66-73,85-87,95-96,98-101H,6-12,23-26,28-32,38-39H2,1-5H3,(H2,84,97)(H,88,107)(H,89,106)(H,90,103)(H,91,105)(H,92,108)(H,93,102)(H,94,104)/t42?,43?,47?,48?,56-,57+,66?,67-,68-,69+,70-,71+,72-,73-/m1/s1. The number of hydrogen-bond donors (Lipinski definition) is 17. The van der Waals surface area contributed by atoms with Crippen molar-refractivity contribution in [2.45, 2.75) is 190 Å². The molecule has 4 aliphatic carbocycles. The number of unbranched alkanes of at least 4 members (excludes halogenated alkanes) is 5. The van der Waals surface area contributed by atoms with Crippen LogP contribution >= 0.6 is 11.6 Å². The van der Waals surface area contributed by atoms with Gasteiger partial charge < -0.3 is 98.4 Å². The topological polar surface area (TPSA) is 466 Å². The van der Waals surface area contributed by atoms with Gasteiger partial charge in [-0.2, -0.15) is 0 Å². The van der Waals surface area contributed by atoms with E-state index >= 15 is 24.0 Å². The molecule has 30 nitrogen and oxygen atoms in total. The Morgan fingerprint density at radius 2 is 1.27 bits per heavy atom. The molecule has 0 unspecified atom stereocenters. The Hall–Kier alpha value is -10.3. The monoisotopic (exact) mass is 1610 g/mol. The van der Waals surface area contributed by atoms with E-state index in [-0.39, 0.29) is 115 Å².